The molecule has 0 spiro atoms. The molecule has 3 aromatic rings. The van der Waals surface area contributed by atoms with Crippen molar-refractivity contribution >= 4 is 22.4 Å². The van der Waals surface area contributed by atoms with Crippen LogP contribution in [0.25, 0.3) is 10.8 Å². The van der Waals surface area contributed by atoms with Crippen LogP contribution < -0.4 is 10.9 Å². The van der Waals surface area contributed by atoms with Gasteiger partial charge >= 0.3 is 0 Å². The number of carbonyl (C=O) groups is 1. The SMILES string of the molecule is Cn1nc(CC(=O)Nc2cccc(O)c2)c2ccccc2c1=O. The summed E-state index contributed by atoms with van der Waals surface area (Å²) in [4.78, 5) is 24.3. The lowest BCUT2D eigenvalue weighted by atomic mass is 10.1. The quantitative estimate of drug-likeness (QED) is 0.773. The molecule has 0 unspecified atom stereocenters. The lowest BCUT2D eigenvalue weighted by Gasteiger charge is -2.09. The molecule has 0 saturated heterocycles. The molecule has 2 N–H and O–H groups in total. The molecule has 3 rings (SSSR count). The summed E-state index contributed by atoms with van der Waals surface area (Å²) in [6.45, 7) is 0. The molecule has 0 aliphatic carbocycles. The second kappa shape index (κ2) is 5.92. The van der Waals surface area contributed by atoms with Crippen LogP contribution in [0.2, 0.25) is 0 Å². The average molecular weight is 309 g/mol. The fourth-order valence-corrected chi connectivity index (χ4v) is 2.45. The Morgan fingerprint density at radius 1 is 1.17 bits per heavy atom. The number of anilines is 1. The Bertz CT molecular complexity index is 947. The van der Waals surface area contributed by atoms with Gasteiger partial charge in [0.1, 0.15) is 5.75 Å². The molecule has 1 aromatic heterocycles. The molecule has 2 aromatic carbocycles. The lowest BCUT2D eigenvalue weighted by molar-refractivity contribution is -0.115. The van der Waals surface area contributed by atoms with Crippen molar-refractivity contribution in [2.24, 2.45) is 7.05 Å². The van der Waals surface area contributed by atoms with E-state index < -0.39 is 0 Å². The molecule has 0 radical (unpaired) electrons. The highest BCUT2D eigenvalue weighted by atomic mass is 16.3. The Morgan fingerprint density at radius 3 is 2.65 bits per heavy atom. The Hall–Kier alpha value is -3.15. The van der Waals surface area contributed by atoms with Crippen LogP contribution >= 0.6 is 0 Å². The summed E-state index contributed by atoms with van der Waals surface area (Å²) in [6.07, 6.45) is 0.0320. The van der Waals surface area contributed by atoms with Crippen LogP contribution in [0.5, 0.6) is 5.75 Å². The lowest BCUT2D eigenvalue weighted by Crippen LogP contribution is -2.24. The first-order valence-corrected chi connectivity index (χ1v) is 7.08. The average Bonchev–Trinajstić information content (AvgIpc) is 2.52. The van der Waals surface area contributed by atoms with Crippen LogP contribution in [0.1, 0.15) is 5.69 Å². The van der Waals surface area contributed by atoms with Crippen LogP contribution in [-0.2, 0) is 18.3 Å². The van der Waals surface area contributed by atoms with Crippen molar-refractivity contribution < 1.29 is 9.90 Å². The van der Waals surface area contributed by atoms with E-state index in [0.29, 0.717) is 22.2 Å². The highest BCUT2D eigenvalue weighted by Crippen LogP contribution is 2.17. The number of amides is 1. The number of fused-ring (bicyclic) bond motifs is 1. The van der Waals surface area contributed by atoms with E-state index in [1.54, 1.807) is 43.4 Å². The third-order valence-electron chi connectivity index (χ3n) is 3.49. The van der Waals surface area contributed by atoms with Gasteiger partial charge in [0.15, 0.2) is 0 Å². The molecule has 0 bridgehead atoms. The fourth-order valence-electron chi connectivity index (χ4n) is 2.45. The number of hydrogen-bond acceptors (Lipinski definition) is 4. The number of rotatable bonds is 3. The van der Waals surface area contributed by atoms with Crippen LogP contribution in [0.3, 0.4) is 0 Å². The van der Waals surface area contributed by atoms with Gasteiger partial charge in [-0.3, -0.25) is 9.59 Å². The van der Waals surface area contributed by atoms with Crippen molar-refractivity contribution in [3.05, 3.63) is 64.6 Å². The zero-order valence-corrected chi connectivity index (χ0v) is 12.5. The predicted molar refractivity (Wildman–Crippen MR) is 87.4 cm³/mol. The van der Waals surface area contributed by atoms with Gasteiger partial charge in [-0.05, 0) is 18.2 Å². The molecular formula is C17H15N3O3. The van der Waals surface area contributed by atoms with Gasteiger partial charge in [0, 0.05) is 24.2 Å². The van der Waals surface area contributed by atoms with Gasteiger partial charge in [0.25, 0.3) is 5.56 Å². The van der Waals surface area contributed by atoms with E-state index in [0.717, 1.165) is 0 Å². The highest BCUT2D eigenvalue weighted by Gasteiger charge is 2.12. The number of phenols is 1. The fraction of sp³-hybridized carbons (Fsp3) is 0.118. The second-order valence-corrected chi connectivity index (χ2v) is 5.20. The van der Waals surface area contributed by atoms with E-state index >= 15 is 0 Å². The first-order valence-electron chi connectivity index (χ1n) is 7.08. The number of aryl methyl sites for hydroxylation is 1. The number of aromatic nitrogens is 2. The summed E-state index contributed by atoms with van der Waals surface area (Å²) in [6, 6.07) is 13.4. The third-order valence-corrected chi connectivity index (χ3v) is 3.49. The van der Waals surface area contributed by atoms with Crippen LogP contribution in [-0.4, -0.2) is 20.8 Å². The van der Waals surface area contributed by atoms with E-state index in [1.165, 1.54) is 16.8 Å². The Kier molecular flexibility index (Phi) is 3.80. The molecule has 6 nitrogen and oxygen atoms in total. The van der Waals surface area contributed by atoms with E-state index in [2.05, 4.69) is 10.4 Å². The summed E-state index contributed by atoms with van der Waals surface area (Å²) < 4.78 is 1.24. The maximum Gasteiger partial charge on any atom is 0.274 e. The van der Waals surface area contributed by atoms with Crippen molar-refractivity contribution in [3.63, 3.8) is 0 Å². The van der Waals surface area contributed by atoms with Crippen molar-refractivity contribution in [1.29, 1.82) is 0 Å². The minimum Gasteiger partial charge on any atom is -0.508 e. The van der Waals surface area contributed by atoms with E-state index in [9.17, 15) is 14.7 Å². The third kappa shape index (κ3) is 3.06. The minimum atomic E-state index is -0.271. The summed E-state index contributed by atoms with van der Waals surface area (Å²) in [7, 11) is 1.56. The van der Waals surface area contributed by atoms with Crippen molar-refractivity contribution in [2.45, 2.75) is 6.42 Å². The first kappa shape index (κ1) is 14.8. The number of aromatic hydroxyl groups is 1. The van der Waals surface area contributed by atoms with Gasteiger partial charge < -0.3 is 10.4 Å². The number of benzene rings is 2. The van der Waals surface area contributed by atoms with Gasteiger partial charge in [0.2, 0.25) is 5.91 Å². The first-order chi connectivity index (χ1) is 11.0. The number of phenolic OH excluding ortho intramolecular Hbond substituents is 1. The van der Waals surface area contributed by atoms with Gasteiger partial charge in [-0.2, -0.15) is 5.10 Å². The zero-order valence-electron chi connectivity index (χ0n) is 12.5. The zero-order chi connectivity index (χ0) is 16.4. The Balaban J connectivity index is 1.91. The monoisotopic (exact) mass is 309 g/mol. The van der Waals surface area contributed by atoms with Crippen LogP contribution in [0, 0.1) is 0 Å². The minimum absolute atomic E-state index is 0.0320. The number of nitrogens with one attached hydrogen (secondary N) is 1. The summed E-state index contributed by atoms with van der Waals surface area (Å²) >= 11 is 0. The molecule has 1 heterocycles. The largest absolute Gasteiger partial charge is 0.508 e. The molecule has 23 heavy (non-hydrogen) atoms. The number of carbonyl (C=O) groups excluding carboxylic acids is 1. The van der Waals surface area contributed by atoms with Crippen LogP contribution in [0.4, 0.5) is 5.69 Å². The highest BCUT2D eigenvalue weighted by molar-refractivity contribution is 5.95. The molecule has 0 atom stereocenters. The molecule has 1 amide bonds. The second-order valence-electron chi connectivity index (χ2n) is 5.20. The van der Waals surface area contributed by atoms with E-state index in [-0.39, 0.29) is 23.6 Å². The summed E-state index contributed by atoms with van der Waals surface area (Å²) in [5.74, 6) is -0.194. The molecule has 0 aliphatic heterocycles. The smallest absolute Gasteiger partial charge is 0.274 e. The summed E-state index contributed by atoms with van der Waals surface area (Å²) in [5.41, 5.74) is 0.835. The van der Waals surface area contributed by atoms with Crippen molar-refractivity contribution in [2.75, 3.05) is 5.32 Å². The molecule has 0 fully saturated rings. The molecule has 0 saturated carbocycles. The van der Waals surface area contributed by atoms with Crippen LogP contribution in [0.15, 0.2) is 53.3 Å². The normalized spacial score (nSPS) is 10.7. The molecule has 6 heteroatoms. The molecule has 116 valence electrons. The number of nitrogens with zero attached hydrogens (tertiary/aromatic N) is 2. The summed E-state index contributed by atoms with van der Waals surface area (Å²) in [5, 5.41) is 17.5. The van der Waals surface area contributed by atoms with Crippen molar-refractivity contribution in [1.82, 2.24) is 9.78 Å². The van der Waals surface area contributed by atoms with Gasteiger partial charge in [0.05, 0.1) is 17.5 Å². The van der Waals surface area contributed by atoms with Gasteiger partial charge in [-0.25, -0.2) is 4.68 Å². The maximum absolute atomic E-state index is 12.2. The Morgan fingerprint density at radius 2 is 1.91 bits per heavy atom. The van der Waals surface area contributed by atoms with Gasteiger partial charge in [-0.15, -0.1) is 0 Å². The van der Waals surface area contributed by atoms with Crippen molar-refractivity contribution in [3.8, 4) is 5.75 Å². The maximum atomic E-state index is 12.2. The Labute approximate surface area is 132 Å². The van der Waals surface area contributed by atoms with Gasteiger partial charge in [-0.1, -0.05) is 24.3 Å². The predicted octanol–water partition coefficient (Wildman–Crippen LogP) is 1.82. The number of hydrogen-bond donors (Lipinski definition) is 2. The molecular weight excluding hydrogens is 294 g/mol. The standard InChI is InChI=1S/C17H15N3O3/c1-20-17(23)14-8-3-2-7-13(14)15(19-20)10-16(22)18-11-5-4-6-12(21)9-11/h2-9,21H,10H2,1H3,(H,18,22). The topological polar surface area (TPSA) is 84.2 Å². The van der Waals surface area contributed by atoms with E-state index in [1.807, 2.05) is 0 Å². The van der Waals surface area contributed by atoms with E-state index in [4.69, 9.17) is 0 Å². The molecule has 0 aliphatic rings.